The minimum absolute atomic E-state index is 0.0300. The van der Waals surface area contributed by atoms with Gasteiger partial charge in [0, 0.05) is 29.1 Å². The Morgan fingerprint density at radius 2 is 1.87 bits per heavy atom. The number of para-hydroxylation sites is 1. The second-order valence-corrected chi connectivity index (χ2v) is 8.25. The number of fused-ring (bicyclic) bond motifs is 3. The molecule has 0 saturated heterocycles. The quantitative estimate of drug-likeness (QED) is 0.778. The number of rotatable bonds is 2. The molecule has 2 N–H and O–H groups in total. The molecule has 2 heterocycles. The van der Waals surface area contributed by atoms with Crippen molar-refractivity contribution in [3.8, 4) is 6.07 Å². The van der Waals surface area contributed by atoms with E-state index in [2.05, 4.69) is 6.07 Å². The molecule has 0 radical (unpaired) electrons. The van der Waals surface area contributed by atoms with Gasteiger partial charge in [-0.2, -0.15) is 5.26 Å². The van der Waals surface area contributed by atoms with Crippen molar-refractivity contribution < 1.29 is 14.3 Å². The molecule has 1 amide bonds. The highest BCUT2D eigenvalue weighted by Gasteiger charge is 2.61. The van der Waals surface area contributed by atoms with E-state index >= 15 is 0 Å². The fourth-order valence-corrected chi connectivity index (χ4v) is 4.96. The van der Waals surface area contributed by atoms with E-state index in [1.807, 2.05) is 24.3 Å². The topological polar surface area (TPSA) is 96.4 Å². The molecule has 1 atom stereocenters. The SMILES string of the molecule is N#CC1=C(N)OC2=C(C(=O)CCC2)[C@@]12C(=O)N(Cc1ccc(Cl)cc1)c1ccccc12. The number of carbonyl (C=O) groups is 2. The van der Waals surface area contributed by atoms with Crippen LogP contribution in [0.2, 0.25) is 5.02 Å². The maximum atomic E-state index is 14.1. The molecule has 1 spiro atoms. The van der Waals surface area contributed by atoms with Gasteiger partial charge in [0.1, 0.15) is 22.8 Å². The van der Waals surface area contributed by atoms with Gasteiger partial charge in [0.2, 0.25) is 11.8 Å². The lowest BCUT2D eigenvalue weighted by Crippen LogP contribution is -2.48. The lowest BCUT2D eigenvalue weighted by Gasteiger charge is -2.37. The van der Waals surface area contributed by atoms with Crippen LogP contribution >= 0.6 is 11.6 Å². The van der Waals surface area contributed by atoms with E-state index in [9.17, 15) is 14.9 Å². The zero-order chi connectivity index (χ0) is 21.8. The number of ether oxygens (including phenoxy) is 1. The number of Topliss-reactive ketones (excluding diaryl/α,β-unsaturated/α-hetero) is 1. The highest BCUT2D eigenvalue weighted by molar-refractivity contribution is 6.30. The number of anilines is 1. The number of benzene rings is 2. The smallest absolute Gasteiger partial charge is 0.248 e. The molecule has 3 aliphatic rings. The fourth-order valence-electron chi connectivity index (χ4n) is 4.83. The van der Waals surface area contributed by atoms with Gasteiger partial charge in [0.25, 0.3) is 0 Å². The molecule has 31 heavy (non-hydrogen) atoms. The first-order chi connectivity index (χ1) is 15.0. The largest absolute Gasteiger partial charge is 0.444 e. The predicted molar refractivity (Wildman–Crippen MR) is 115 cm³/mol. The van der Waals surface area contributed by atoms with Crippen LogP contribution in [0.1, 0.15) is 30.4 Å². The summed E-state index contributed by atoms with van der Waals surface area (Å²) in [7, 11) is 0. The summed E-state index contributed by atoms with van der Waals surface area (Å²) in [6, 6.07) is 16.5. The van der Waals surface area contributed by atoms with Crippen molar-refractivity contribution in [1.29, 1.82) is 5.26 Å². The molecular formula is C24H18ClN3O3. The molecule has 0 saturated carbocycles. The van der Waals surface area contributed by atoms with Crippen LogP contribution < -0.4 is 10.6 Å². The van der Waals surface area contributed by atoms with Gasteiger partial charge in [-0.3, -0.25) is 9.59 Å². The summed E-state index contributed by atoms with van der Waals surface area (Å²) in [6.07, 6.45) is 1.41. The summed E-state index contributed by atoms with van der Waals surface area (Å²) in [5.41, 5.74) is 6.88. The average Bonchev–Trinajstić information content (AvgIpc) is 2.99. The third-order valence-corrected chi connectivity index (χ3v) is 6.38. The van der Waals surface area contributed by atoms with Crippen molar-refractivity contribution in [2.75, 3.05) is 4.90 Å². The summed E-state index contributed by atoms with van der Waals surface area (Å²) in [4.78, 5) is 28.9. The van der Waals surface area contributed by atoms with E-state index in [1.165, 1.54) is 0 Å². The molecule has 0 bridgehead atoms. The standard InChI is InChI=1S/C24H18ClN3O3/c25-15-10-8-14(9-11-15)13-28-18-5-2-1-4-16(18)24(23(28)30)17(12-26)22(27)31-20-7-3-6-19(29)21(20)24/h1-2,4-5,8-11H,3,6-7,13,27H2/t24-/m0/s1. The van der Waals surface area contributed by atoms with Crippen LogP contribution in [0, 0.1) is 11.3 Å². The molecule has 2 aromatic carbocycles. The molecule has 0 fully saturated rings. The monoisotopic (exact) mass is 431 g/mol. The highest BCUT2D eigenvalue weighted by atomic mass is 35.5. The van der Waals surface area contributed by atoms with E-state index < -0.39 is 5.41 Å². The fraction of sp³-hybridized carbons (Fsp3) is 0.208. The number of hydrogen-bond donors (Lipinski definition) is 1. The van der Waals surface area contributed by atoms with Crippen LogP contribution in [-0.2, 0) is 26.3 Å². The van der Waals surface area contributed by atoms with Crippen LogP contribution in [-0.4, -0.2) is 11.7 Å². The molecule has 7 heteroatoms. The van der Waals surface area contributed by atoms with Crippen LogP contribution in [0.15, 0.2) is 71.3 Å². The van der Waals surface area contributed by atoms with Crippen molar-refractivity contribution in [1.82, 2.24) is 0 Å². The predicted octanol–water partition coefficient (Wildman–Crippen LogP) is 3.86. The normalized spacial score (nSPS) is 22.4. The third-order valence-electron chi connectivity index (χ3n) is 6.13. The Hall–Kier alpha value is -3.56. The molecule has 6 nitrogen and oxygen atoms in total. The third kappa shape index (κ3) is 2.63. The summed E-state index contributed by atoms with van der Waals surface area (Å²) < 4.78 is 5.69. The van der Waals surface area contributed by atoms with Gasteiger partial charge in [0.05, 0.1) is 12.1 Å². The van der Waals surface area contributed by atoms with Gasteiger partial charge < -0.3 is 15.4 Å². The van der Waals surface area contributed by atoms with Gasteiger partial charge in [-0.15, -0.1) is 0 Å². The molecular weight excluding hydrogens is 414 g/mol. The number of halogens is 1. The summed E-state index contributed by atoms with van der Waals surface area (Å²) in [6.45, 7) is 0.269. The second kappa shape index (κ2) is 7.00. The van der Waals surface area contributed by atoms with Crippen LogP contribution in [0.5, 0.6) is 0 Å². The zero-order valence-corrected chi connectivity index (χ0v) is 17.3. The molecule has 1 aliphatic carbocycles. The molecule has 154 valence electrons. The van der Waals surface area contributed by atoms with Gasteiger partial charge in [-0.25, -0.2) is 0 Å². The maximum absolute atomic E-state index is 14.1. The van der Waals surface area contributed by atoms with E-state index in [4.69, 9.17) is 22.1 Å². The molecule has 0 unspecified atom stereocenters. The Balaban J connectivity index is 1.76. The Morgan fingerprint density at radius 1 is 1.13 bits per heavy atom. The number of hydrogen-bond acceptors (Lipinski definition) is 5. The van der Waals surface area contributed by atoms with Crippen molar-refractivity contribution in [2.24, 2.45) is 5.73 Å². The number of carbonyl (C=O) groups excluding carboxylic acids is 2. The Kier molecular flexibility index (Phi) is 4.38. The van der Waals surface area contributed by atoms with Crippen molar-refractivity contribution in [3.63, 3.8) is 0 Å². The number of nitrogens with two attached hydrogens (primary N) is 1. The van der Waals surface area contributed by atoms with Crippen LogP contribution in [0.3, 0.4) is 0 Å². The molecule has 5 rings (SSSR count). The van der Waals surface area contributed by atoms with Gasteiger partial charge >= 0.3 is 0 Å². The number of nitriles is 1. The van der Waals surface area contributed by atoms with Crippen molar-refractivity contribution in [3.05, 3.63) is 87.5 Å². The summed E-state index contributed by atoms with van der Waals surface area (Å²) in [5.74, 6) is -0.274. The van der Waals surface area contributed by atoms with Crippen molar-refractivity contribution >= 4 is 29.0 Å². The Bertz CT molecular complexity index is 1240. The van der Waals surface area contributed by atoms with E-state index in [-0.39, 0.29) is 35.3 Å². The van der Waals surface area contributed by atoms with Gasteiger partial charge in [-0.1, -0.05) is 41.9 Å². The first-order valence-electron chi connectivity index (χ1n) is 9.99. The number of allylic oxidation sites excluding steroid dienone is 1. The van der Waals surface area contributed by atoms with Gasteiger partial charge in [0.15, 0.2) is 5.78 Å². The lowest BCUT2D eigenvalue weighted by atomic mass is 9.65. The van der Waals surface area contributed by atoms with E-state index in [0.29, 0.717) is 41.3 Å². The zero-order valence-electron chi connectivity index (χ0n) is 16.5. The van der Waals surface area contributed by atoms with Crippen LogP contribution in [0.25, 0.3) is 0 Å². The summed E-state index contributed by atoms with van der Waals surface area (Å²) >= 11 is 6.01. The number of amides is 1. The Labute approximate surface area is 184 Å². The molecule has 2 aliphatic heterocycles. The maximum Gasteiger partial charge on any atom is 0.248 e. The average molecular weight is 432 g/mol. The first kappa shape index (κ1) is 19.4. The van der Waals surface area contributed by atoms with Gasteiger partial charge in [-0.05, 0) is 30.2 Å². The summed E-state index contributed by atoms with van der Waals surface area (Å²) in [5, 5.41) is 10.6. The van der Waals surface area contributed by atoms with E-state index in [0.717, 1.165) is 5.56 Å². The minimum Gasteiger partial charge on any atom is -0.444 e. The number of ketones is 1. The molecule has 0 aromatic heterocycles. The van der Waals surface area contributed by atoms with E-state index in [1.54, 1.807) is 29.2 Å². The Morgan fingerprint density at radius 3 is 2.61 bits per heavy atom. The highest BCUT2D eigenvalue weighted by Crippen LogP contribution is 2.55. The number of nitrogens with zero attached hydrogens (tertiary/aromatic N) is 2. The van der Waals surface area contributed by atoms with Crippen LogP contribution in [0.4, 0.5) is 5.69 Å². The lowest BCUT2D eigenvalue weighted by molar-refractivity contribution is -0.124. The van der Waals surface area contributed by atoms with Crippen molar-refractivity contribution in [2.45, 2.75) is 31.2 Å². The molecule has 2 aromatic rings. The second-order valence-electron chi connectivity index (χ2n) is 7.81. The minimum atomic E-state index is -1.58. The first-order valence-corrected chi connectivity index (χ1v) is 10.4.